The predicted molar refractivity (Wildman–Crippen MR) is 144 cm³/mol. The lowest BCUT2D eigenvalue weighted by atomic mass is 10.1. The van der Waals surface area contributed by atoms with Gasteiger partial charge in [0, 0.05) is 12.1 Å². The van der Waals surface area contributed by atoms with E-state index in [1.165, 1.54) is 0 Å². The number of hydrogen-bond donors (Lipinski definition) is 2. The molecule has 0 radical (unpaired) electrons. The van der Waals surface area contributed by atoms with Gasteiger partial charge in [-0.3, -0.25) is 9.59 Å². The Morgan fingerprint density at radius 2 is 1.21 bits per heavy atom. The van der Waals surface area contributed by atoms with E-state index in [0.29, 0.717) is 24.1 Å². The van der Waals surface area contributed by atoms with E-state index >= 15 is 0 Å². The fraction of sp³-hybridized carbons (Fsp3) is 0.333. The Balaban J connectivity index is 2.11. The van der Waals surface area contributed by atoms with Gasteiger partial charge in [0.2, 0.25) is 5.91 Å². The molecule has 0 bridgehead atoms. The standard InChI is InChI=1S/C30H39NO3/c1-2-3-4-5-6-7-8-9-10-11-12-13-14-15-16-17-18-19-20-25-29(32)31-28-24-22-21-23-27(28)26-30(33)34/h3-4,6-7,9-10,12-13,15-16,18-19,21-24H,2,5,8,11,14,17,20,25-26H2,1H3,(H,31,32)(H,33,34). The van der Waals surface area contributed by atoms with Crippen LogP contribution in [-0.2, 0) is 16.0 Å². The Labute approximate surface area is 205 Å². The second kappa shape index (κ2) is 20.2. The fourth-order valence-corrected chi connectivity index (χ4v) is 3.03. The van der Waals surface area contributed by atoms with Crippen molar-refractivity contribution in [1.82, 2.24) is 0 Å². The first kappa shape index (κ1) is 28.6. The molecule has 2 N–H and O–H groups in total. The van der Waals surface area contributed by atoms with Crippen molar-refractivity contribution in [3.8, 4) is 0 Å². The molecule has 1 aromatic rings. The zero-order chi connectivity index (χ0) is 24.7. The number of allylic oxidation sites excluding steroid dienone is 12. The van der Waals surface area contributed by atoms with Gasteiger partial charge in [0.25, 0.3) is 0 Å². The smallest absolute Gasteiger partial charge is 0.307 e. The maximum atomic E-state index is 12.1. The molecule has 1 aromatic carbocycles. The van der Waals surface area contributed by atoms with Crippen LogP contribution in [0.3, 0.4) is 0 Å². The lowest BCUT2D eigenvalue weighted by Gasteiger charge is -2.09. The van der Waals surface area contributed by atoms with Crippen LogP contribution in [0.2, 0.25) is 0 Å². The van der Waals surface area contributed by atoms with Crippen LogP contribution >= 0.6 is 0 Å². The highest BCUT2D eigenvalue weighted by molar-refractivity contribution is 5.92. The summed E-state index contributed by atoms with van der Waals surface area (Å²) in [6, 6.07) is 7.00. The summed E-state index contributed by atoms with van der Waals surface area (Å²) >= 11 is 0. The van der Waals surface area contributed by atoms with Gasteiger partial charge in [-0.15, -0.1) is 0 Å². The predicted octanol–water partition coefficient (Wildman–Crippen LogP) is 7.73. The van der Waals surface area contributed by atoms with Crippen molar-refractivity contribution in [2.75, 3.05) is 5.32 Å². The van der Waals surface area contributed by atoms with Crippen LogP contribution in [0.1, 0.15) is 63.9 Å². The molecule has 0 aromatic heterocycles. The molecule has 0 saturated carbocycles. The van der Waals surface area contributed by atoms with Crippen molar-refractivity contribution in [1.29, 1.82) is 0 Å². The van der Waals surface area contributed by atoms with Gasteiger partial charge >= 0.3 is 5.97 Å². The number of anilines is 1. The largest absolute Gasteiger partial charge is 0.481 e. The second-order valence-electron chi connectivity index (χ2n) is 7.73. The number of aliphatic carboxylic acids is 1. The molecule has 0 spiro atoms. The van der Waals surface area contributed by atoms with Crippen LogP contribution in [0.15, 0.2) is 97.2 Å². The topological polar surface area (TPSA) is 66.4 Å². The molecule has 182 valence electrons. The Morgan fingerprint density at radius 3 is 1.71 bits per heavy atom. The van der Waals surface area contributed by atoms with Gasteiger partial charge in [0.05, 0.1) is 6.42 Å². The Hall–Kier alpha value is -3.40. The highest BCUT2D eigenvalue weighted by atomic mass is 16.4. The highest BCUT2D eigenvalue weighted by Gasteiger charge is 2.08. The first-order chi connectivity index (χ1) is 16.6. The maximum absolute atomic E-state index is 12.1. The molecule has 0 aliphatic carbocycles. The summed E-state index contributed by atoms with van der Waals surface area (Å²) in [5.74, 6) is -1.03. The van der Waals surface area contributed by atoms with Gasteiger partial charge in [0.15, 0.2) is 0 Å². The average Bonchev–Trinajstić information content (AvgIpc) is 2.81. The van der Waals surface area contributed by atoms with E-state index in [4.69, 9.17) is 5.11 Å². The van der Waals surface area contributed by atoms with Crippen molar-refractivity contribution < 1.29 is 14.7 Å². The number of carboxylic acid groups (broad SMARTS) is 1. The lowest BCUT2D eigenvalue weighted by molar-refractivity contribution is -0.136. The van der Waals surface area contributed by atoms with Gasteiger partial charge in [-0.25, -0.2) is 0 Å². The molecule has 0 unspecified atom stereocenters. The molecular weight excluding hydrogens is 422 g/mol. The molecule has 4 nitrogen and oxygen atoms in total. The molecule has 4 heteroatoms. The van der Waals surface area contributed by atoms with Gasteiger partial charge < -0.3 is 10.4 Å². The SMILES string of the molecule is CCC=CCC=CCC=CCC=CCC=CCC=CCCC(=O)Nc1ccccc1CC(=O)O. The van der Waals surface area contributed by atoms with Crippen molar-refractivity contribution in [2.24, 2.45) is 0 Å². The van der Waals surface area contributed by atoms with E-state index in [-0.39, 0.29) is 12.3 Å². The summed E-state index contributed by atoms with van der Waals surface area (Å²) in [6.07, 6.45) is 32.6. The molecule has 0 fully saturated rings. The number of benzene rings is 1. The number of carbonyl (C=O) groups is 2. The van der Waals surface area contributed by atoms with E-state index < -0.39 is 5.97 Å². The number of nitrogens with one attached hydrogen (secondary N) is 1. The van der Waals surface area contributed by atoms with Crippen molar-refractivity contribution in [2.45, 2.75) is 64.7 Å². The zero-order valence-corrected chi connectivity index (χ0v) is 20.4. The molecule has 0 saturated heterocycles. The third-order valence-corrected chi connectivity index (χ3v) is 4.77. The molecule has 34 heavy (non-hydrogen) atoms. The minimum absolute atomic E-state index is 0.108. The van der Waals surface area contributed by atoms with Gasteiger partial charge in [-0.05, 0) is 56.6 Å². The first-order valence-electron chi connectivity index (χ1n) is 12.1. The number of carboxylic acids is 1. The molecule has 1 rings (SSSR count). The van der Waals surface area contributed by atoms with Crippen LogP contribution in [0, 0.1) is 0 Å². The summed E-state index contributed by atoms with van der Waals surface area (Å²) in [4.78, 5) is 23.0. The van der Waals surface area contributed by atoms with E-state index in [1.807, 2.05) is 6.08 Å². The molecule has 0 aliphatic heterocycles. The van der Waals surface area contributed by atoms with Crippen molar-refractivity contribution >= 4 is 17.6 Å². The minimum atomic E-state index is -0.917. The van der Waals surface area contributed by atoms with Gasteiger partial charge in [-0.1, -0.05) is 98.0 Å². The van der Waals surface area contributed by atoms with Gasteiger partial charge in [-0.2, -0.15) is 0 Å². The number of para-hydroxylation sites is 1. The van der Waals surface area contributed by atoms with Crippen molar-refractivity contribution in [3.63, 3.8) is 0 Å². The number of carbonyl (C=O) groups excluding carboxylic acids is 1. The van der Waals surface area contributed by atoms with E-state index in [0.717, 1.165) is 38.5 Å². The van der Waals surface area contributed by atoms with Crippen LogP contribution < -0.4 is 5.32 Å². The third-order valence-electron chi connectivity index (χ3n) is 4.77. The summed E-state index contributed by atoms with van der Waals surface area (Å²) < 4.78 is 0. The van der Waals surface area contributed by atoms with Gasteiger partial charge in [0.1, 0.15) is 0 Å². The molecular formula is C30H39NO3. The summed E-state index contributed by atoms with van der Waals surface area (Å²) in [6.45, 7) is 2.14. The van der Waals surface area contributed by atoms with Crippen molar-refractivity contribution in [3.05, 3.63) is 103 Å². The van der Waals surface area contributed by atoms with Crippen LogP contribution in [0.25, 0.3) is 0 Å². The lowest BCUT2D eigenvalue weighted by Crippen LogP contribution is -2.13. The van der Waals surface area contributed by atoms with E-state index in [1.54, 1.807) is 24.3 Å². The highest BCUT2D eigenvalue weighted by Crippen LogP contribution is 2.16. The molecule has 1 amide bonds. The second-order valence-corrected chi connectivity index (χ2v) is 7.73. The molecule has 0 atom stereocenters. The van der Waals surface area contributed by atoms with E-state index in [2.05, 4.69) is 79.1 Å². The monoisotopic (exact) mass is 461 g/mol. The first-order valence-corrected chi connectivity index (χ1v) is 12.1. The Bertz CT molecular complexity index is 888. The zero-order valence-electron chi connectivity index (χ0n) is 20.4. The number of amides is 1. The Morgan fingerprint density at radius 1 is 0.735 bits per heavy atom. The third kappa shape index (κ3) is 16.3. The molecule has 0 heterocycles. The van der Waals surface area contributed by atoms with E-state index in [9.17, 15) is 9.59 Å². The number of rotatable bonds is 17. The Kier molecular flexibility index (Phi) is 17.0. The normalized spacial score (nSPS) is 12.4. The minimum Gasteiger partial charge on any atom is -0.481 e. The van der Waals surface area contributed by atoms with Crippen LogP contribution in [0.4, 0.5) is 5.69 Å². The summed E-state index contributed by atoms with van der Waals surface area (Å²) in [5, 5.41) is 11.8. The number of hydrogen-bond acceptors (Lipinski definition) is 2. The average molecular weight is 462 g/mol. The summed E-state index contributed by atoms with van der Waals surface area (Å²) in [7, 11) is 0. The molecule has 0 aliphatic rings. The van der Waals surface area contributed by atoms with Crippen LogP contribution in [-0.4, -0.2) is 17.0 Å². The quantitative estimate of drug-likeness (QED) is 0.233. The maximum Gasteiger partial charge on any atom is 0.307 e. The fourth-order valence-electron chi connectivity index (χ4n) is 3.03. The van der Waals surface area contributed by atoms with Crippen LogP contribution in [0.5, 0.6) is 0 Å². The summed E-state index contributed by atoms with van der Waals surface area (Å²) in [5.41, 5.74) is 1.18.